The van der Waals surface area contributed by atoms with Gasteiger partial charge in [-0.15, -0.1) is 0 Å². The van der Waals surface area contributed by atoms with Crippen LogP contribution >= 0.6 is 0 Å². The van der Waals surface area contributed by atoms with Gasteiger partial charge >= 0.3 is 6.09 Å². The van der Waals surface area contributed by atoms with E-state index < -0.39 is 24.0 Å². The lowest BCUT2D eigenvalue weighted by Gasteiger charge is -2.35. The van der Waals surface area contributed by atoms with Crippen LogP contribution in [0.5, 0.6) is 5.88 Å². The molecule has 0 aliphatic rings. The van der Waals surface area contributed by atoms with Crippen LogP contribution in [0.4, 0.5) is 4.79 Å². The molecule has 2 atom stereocenters. The number of nitrogens with zero attached hydrogens (tertiary/aromatic N) is 3. The third-order valence-corrected chi connectivity index (χ3v) is 4.42. The highest BCUT2D eigenvalue weighted by Crippen LogP contribution is 2.25. The number of rotatable bonds is 11. The van der Waals surface area contributed by atoms with E-state index in [1.165, 1.54) is 6.08 Å². The second-order valence-corrected chi connectivity index (χ2v) is 9.11. The second-order valence-electron chi connectivity index (χ2n) is 9.11. The van der Waals surface area contributed by atoms with E-state index in [4.69, 9.17) is 19.6 Å². The zero-order chi connectivity index (χ0) is 23.9. The molecule has 8 heteroatoms. The zero-order valence-electron chi connectivity index (χ0n) is 20.6. The average Bonchev–Trinajstić information content (AvgIpc) is 2.90. The van der Waals surface area contributed by atoms with Gasteiger partial charge in [-0.3, -0.25) is 4.90 Å². The number of allylic oxidation sites excluding steroid dienone is 1. The van der Waals surface area contributed by atoms with Crippen molar-refractivity contribution in [3.05, 3.63) is 23.9 Å². The van der Waals surface area contributed by atoms with Crippen LogP contribution < -0.4 is 4.74 Å². The number of amides is 1. The summed E-state index contributed by atoms with van der Waals surface area (Å²) in [6.45, 7) is 19.7. The Morgan fingerprint density at radius 1 is 1.32 bits per heavy atom. The molecule has 1 rings (SSSR count). The molecule has 1 N–H and O–H groups in total. The van der Waals surface area contributed by atoms with Gasteiger partial charge in [0.1, 0.15) is 17.9 Å². The van der Waals surface area contributed by atoms with Crippen LogP contribution in [0, 0.1) is 18.3 Å². The lowest BCUT2D eigenvalue weighted by atomic mass is 10.1. The molecule has 0 spiro atoms. The van der Waals surface area contributed by atoms with Crippen LogP contribution in [-0.2, 0) is 16.5 Å². The van der Waals surface area contributed by atoms with E-state index in [2.05, 4.69) is 25.5 Å². The van der Waals surface area contributed by atoms with Gasteiger partial charge in [-0.05, 0) is 60.0 Å². The Kier molecular flexibility index (Phi) is 9.74. The predicted molar refractivity (Wildman–Crippen MR) is 123 cm³/mol. The Balaban J connectivity index is 3.17. The number of aromatic nitrogens is 2. The molecule has 1 heterocycles. The highest BCUT2D eigenvalue weighted by molar-refractivity contribution is 6.08. The summed E-state index contributed by atoms with van der Waals surface area (Å²) in [5, 5.41) is 12.5. The summed E-state index contributed by atoms with van der Waals surface area (Å²) in [4.78, 5) is 14.6. The minimum atomic E-state index is -0.626. The summed E-state index contributed by atoms with van der Waals surface area (Å²) in [6.07, 6.45) is 0.875. The molecular weight excluding hydrogens is 396 g/mol. The van der Waals surface area contributed by atoms with E-state index in [1.807, 2.05) is 41.5 Å². The average molecular weight is 437 g/mol. The van der Waals surface area contributed by atoms with Gasteiger partial charge in [-0.2, -0.15) is 5.10 Å². The van der Waals surface area contributed by atoms with E-state index in [-0.39, 0.29) is 12.3 Å². The third kappa shape index (κ3) is 8.01. The fraction of sp³-hybridized carbons (Fsp3) is 0.696. The Morgan fingerprint density at radius 3 is 2.42 bits per heavy atom. The Hall–Kier alpha value is -2.35. The molecule has 0 aliphatic heterocycles. The molecule has 1 amide bonds. The second kappa shape index (κ2) is 11.3. The molecule has 1 aromatic rings. The molecule has 8 nitrogen and oxygen atoms in total. The van der Waals surface area contributed by atoms with Gasteiger partial charge in [-0.25, -0.2) is 9.48 Å². The molecule has 1 unspecified atom stereocenters. The van der Waals surface area contributed by atoms with E-state index in [0.717, 1.165) is 0 Å². The molecule has 176 valence electrons. The molecule has 0 saturated heterocycles. The van der Waals surface area contributed by atoms with E-state index in [9.17, 15) is 4.79 Å². The molecule has 0 aromatic carbocycles. The van der Waals surface area contributed by atoms with Crippen molar-refractivity contribution in [2.45, 2.75) is 79.7 Å². The maximum atomic E-state index is 13.0. The van der Waals surface area contributed by atoms with Gasteiger partial charge in [0.2, 0.25) is 5.88 Å². The quantitative estimate of drug-likeness (QED) is 0.401. The summed E-state index contributed by atoms with van der Waals surface area (Å²) < 4.78 is 19.3. The number of carbonyl (C=O) groups excluding carboxylic acids is 1. The summed E-state index contributed by atoms with van der Waals surface area (Å²) >= 11 is 0. The van der Waals surface area contributed by atoms with Gasteiger partial charge in [0.05, 0.1) is 23.5 Å². The van der Waals surface area contributed by atoms with Crippen molar-refractivity contribution in [3.63, 3.8) is 0 Å². The highest BCUT2D eigenvalue weighted by Gasteiger charge is 2.31. The number of hydrogen-bond donors (Lipinski definition) is 1. The van der Waals surface area contributed by atoms with Gasteiger partial charge < -0.3 is 19.6 Å². The van der Waals surface area contributed by atoms with Gasteiger partial charge in [0.15, 0.2) is 0 Å². The highest BCUT2D eigenvalue weighted by atomic mass is 16.6. The molecule has 1 aromatic heterocycles. The van der Waals surface area contributed by atoms with Crippen LogP contribution in [-0.4, -0.2) is 57.6 Å². The summed E-state index contributed by atoms with van der Waals surface area (Å²) in [5.41, 5.74) is 0.894. The maximum absolute atomic E-state index is 13.0. The Labute approximate surface area is 187 Å². The Morgan fingerprint density at radius 2 is 1.94 bits per heavy atom. The first-order chi connectivity index (χ1) is 14.3. The first-order valence-electron chi connectivity index (χ1n) is 10.8. The lowest BCUT2D eigenvalue weighted by molar-refractivity contribution is -0.0804. The first-order valence-corrected chi connectivity index (χ1v) is 10.8. The molecule has 0 bridgehead atoms. The van der Waals surface area contributed by atoms with E-state index in [0.29, 0.717) is 36.1 Å². The van der Waals surface area contributed by atoms with E-state index in [1.54, 1.807) is 16.6 Å². The maximum Gasteiger partial charge on any atom is 0.412 e. The Bertz CT molecular complexity index is 764. The summed E-state index contributed by atoms with van der Waals surface area (Å²) in [6, 6.07) is 0. The molecule has 31 heavy (non-hydrogen) atoms. The van der Waals surface area contributed by atoms with Crippen molar-refractivity contribution in [2.75, 3.05) is 13.2 Å². The van der Waals surface area contributed by atoms with Crippen molar-refractivity contribution in [1.29, 1.82) is 5.41 Å². The molecule has 0 fully saturated rings. The van der Waals surface area contributed by atoms with Crippen molar-refractivity contribution >= 4 is 11.8 Å². The summed E-state index contributed by atoms with van der Waals surface area (Å²) in [7, 11) is 1.77. The largest absolute Gasteiger partial charge is 0.472 e. The summed E-state index contributed by atoms with van der Waals surface area (Å²) in [5.74, 6) is 0.799. The van der Waals surface area contributed by atoms with Crippen LogP contribution in [0.15, 0.2) is 12.7 Å². The predicted octanol–water partition coefficient (Wildman–Crippen LogP) is 4.70. The van der Waals surface area contributed by atoms with Crippen molar-refractivity contribution < 1.29 is 19.0 Å². The van der Waals surface area contributed by atoms with Crippen LogP contribution in [0.25, 0.3) is 0 Å². The van der Waals surface area contributed by atoms with E-state index >= 15 is 0 Å². The van der Waals surface area contributed by atoms with Crippen molar-refractivity contribution in [3.8, 4) is 5.88 Å². The number of aryl methyl sites for hydroxylation is 2. The molecule has 0 saturated carbocycles. The number of ether oxygens (including phenoxy) is 3. The standard InChI is InChI=1S/C23H40N4O4/c1-11-18(24)20-17(6)25-26(10)21(20)30-16(5)14-27(22(28)31-23(7,8)9)19(29-12-2)13-15(3)4/h11,15-16,19,24H,1,12-14H2,2-10H3/t16-,19?/m0/s1. The molecular formula is C23H40N4O4. The van der Waals surface area contributed by atoms with Crippen LogP contribution in [0.1, 0.15) is 66.1 Å². The van der Waals surface area contributed by atoms with Gasteiger partial charge in [0, 0.05) is 13.7 Å². The van der Waals surface area contributed by atoms with Crippen LogP contribution in [0.3, 0.4) is 0 Å². The van der Waals surface area contributed by atoms with Gasteiger partial charge in [-0.1, -0.05) is 20.4 Å². The normalized spacial score (nSPS) is 13.6. The topological polar surface area (TPSA) is 89.7 Å². The smallest absolute Gasteiger partial charge is 0.412 e. The molecule has 0 aliphatic carbocycles. The number of nitrogens with one attached hydrogen (secondary N) is 1. The third-order valence-electron chi connectivity index (χ3n) is 4.42. The zero-order valence-corrected chi connectivity index (χ0v) is 20.6. The first kappa shape index (κ1) is 26.7. The van der Waals surface area contributed by atoms with Crippen LogP contribution in [0.2, 0.25) is 0 Å². The monoisotopic (exact) mass is 436 g/mol. The SMILES string of the molecule is C=CC(=N)c1c(C)nn(C)c1O[C@@H](C)CN(C(=O)OC(C)(C)C)C(CC(C)C)OCC. The van der Waals surface area contributed by atoms with Crippen molar-refractivity contribution in [2.24, 2.45) is 13.0 Å². The number of hydrogen-bond acceptors (Lipinski definition) is 6. The van der Waals surface area contributed by atoms with Gasteiger partial charge in [0.25, 0.3) is 0 Å². The number of carbonyl (C=O) groups is 1. The minimum absolute atomic E-state index is 0.240. The molecule has 0 radical (unpaired) electrons. The lowest BCUT2D eigenvalue weighted by Crippen LogP contribution is -2.49. The van der Waals surface area contributed by atoms with Crippen molar-refractivity contribution in [1.82, 2.24) is 14.7 Å². The fourth-order valence-corrected chi connectivity index (χ4v) is 3.20. The fourth-order valence-electron chi connectivity index (χ4n) is 3.20. The minimum Gasteiger partial charge on any atom is -0.472 e.